The van der Waals surface area contributed by atoms with Crippen molar-refractivity contribution in [3.05, 3.63) is 28.1 Å². The van der Waals surface area contributed by atoms with Gasteiger partial charge in [-0.25, -0.2) is 4.98 Å². The second-order valence-corrected chi connectivity index (χ2v) is 4.68. The van der Waals surface area contributed by atoms with Gasteiger partial charge in [-0.2, -0.15) is 5.26 Å². The van der Waals surface area contributed by atoms with Crippen LogP contribution in [0, 0.1) is 11.3 Å². The van der Waals surface area contributed by atoms with Crippen LogP contribution in [0.3, 0.4) is 0 Å². The summed E-state index contributed by atoms with van der Waals surface area (Å²) in [6.45, 7) is 2.02. The fourth-order valence-corrected chi connectivity index (χ4v) is 2.93. The summed E-state index contributed by atoms with van der Waals surface area (Å²) in [5, 5.41) is 11.9. The lowest BCUT2D eigenvalue weighted by Crippen LogP contribution is -1.82. The lowest BCUT2D eigenvalue weighted by molar-refractivity contribution is 1.06. The van der Waals surface area contributed by atoms with E-state index in [2.05, 4.69) is 11.1 Å². The van der Waals surface area contributed by atoms with E-state index in [1.807, 2.05) is 24.4 Å². The van der Waals surface area contributed by atoms with Gasteiger partial charge in [0, 0.05) is 0 Å². The summed E-state index contributed by atoms with van der Waals surface area (Å²) in [6.07, 6.45) is 0.824. The summed E-state index contributed by atoms with van der Waals surface area (Å²) in [4.78, 5) is 6.34. The first kappa shape index (κ1) is 9.38. The molecule has 70 valence electrons. The molecule has 0 aliphatic rings. The van der Waals surface area contributed by atoms with Crippen molar-refractivity contribution in [3.8, 4) is 16.0 Å². The van der Waals surface area contributed by atoms with Crippen molar-refractivity contribution in [1.29, 1.82) is 5.26 Å². The van der Waals surface area contributed by atoms with Crippen LogP contribution < -0.4 is 0 Å². The highest BCUT2D eigenvalue weighted by molar-refractivity contribution is 7.21. The SMILES string of the molecule is CCc1nc(-c2cccs2)sc1C#N. The van der Waals surface area contributed by atoms with E-state index < -0.39 is 0 Å². The maximum atomic E-state index is 8.88. The minimum atomic E-state index is 0.746. The number of thiazole rings is 1. The molecule has 14 heavy (non-hydrogen) atoms. The maximum Gasteiger partial charge on any atom is 0.134 e. The Kier molecular flexibility index (Phi) is 2.62. The number of hydrogen-bond acceptors (Lipinski definition) is 4. The molecule has 2 aromatic heterocycles. The van der Waals surface area contributed by atoms with E-state index >= 15 is 0 Å². The second-order valence-electron chi connectivity index (χ2n) is 2.74. The molecule has 0 unspecified atom stereocenters. The zero-order valence-electron chi connectivity index (χ0n) is 7.65. The Bertz CT molecular complexity index is 463. The Morgan fingerprint density at radius 1 is 1.57 bits per heavy atom. The predicted octanol–water partition coefficient (Wildman–Crippen LogP) is 3.31. The van der Waals surface area contributed by atoms with Crippen LogP contribution in [-0.4, -0.2) is 4.98 Å². The van der Waals surface area contributed by atoms with Gasteiger partial charge in [-0.15, -0.1) is 22.7 Å². The van der Waals surface area contributed by atoms with Crippen molar-refractivity contribution >= 4 is 22.7 Å². The molecule has 0 aliphatic heterocycles. The average Bonchev–Trinajstić information content (AvgIpc) is 2.85. The standard InChI is InChI=1S/C10H8N2S2/c1-2-7-9(6-11)14-10(12-7)8-4-3-5-13-8/h3-5H,2H2,1H3. The number of hydrogen-bond donors (Lipinski definition) is 0. The largest absolute Gasteiger partial charge is 0.239 e. The first-order valence-electron chi connectivity index (χ1n) is 4.28. The Morgan fingerprint density at radius 2 is 2.43 bits per heavy atom. The summed E-state index contributed by atoms with van der Waals surface area (Å²) >= 11 is 3.14. The van der Waals surface area contributed by atoms with Crippen molar-refractivity contribution < 1.29 is 0 Å². The highest BCUT2D eigenvalue weighted by Crippen LogP contribution is 2.30. The summed E-state index contributed by atoms with van der Waals surface area (Å²) in [5.41, 5.74) is 0.918. The Labute approximate surface area is 90.5 Å². The van der Waals surface area contributed by atoms with Gasteiger partial charge in [-0.3, -0.25) is 0 Å². The molecule has 0 aromatic carbocycles. The molecule has 2 heterocycles. The fourth-order valence-electron chi connectivity index (χ4n) is 1.18. The third-order valence-corrected chi connectivity index (χ3v) is 3.91. The Hall–Kier alpha value is -1.18. The lowest BCUT2D eigenvalue weighted by atomic mass is 10.3. The van der Waals surface area contributed by atoms with E-state index in [1.165, 1.54) is 11.3 Å². The average molecular weight is 220 g/mol. The summed E-state index contributed by atoms with van der Waals surface area (Å²) < 4.78 is 0. The molecule has 0 amide bonds. The van der Waals surface area contributed by atoms with Crippen LogP contribution in [0.25, 0.3) is 9.88 Å². The van der Waals surface area contributed by atoms with Gasteiger partial charge in [0.2, 0.25) is 0 Å². The first-order valence-corrected chi connectivity index (χ1v) is 5.98. The van der Waals surface area contributed by atoms with Crippen LogP contribution in [0.1, 0.15) is 17.5 Å². The van der Waals surface area contributed by atoms with E-state index in [9.17, 15) is 0 Å². The van der Waals surface area contributed by atoms with E-state index in [0.29, 0.717) is 0 Å². The Balaban J connectivity index is 2.48. The Morgan fingerprint density at radius 3 is 2.93 bits per heavy atom. The minimum Gasteiger partial charge on any atom is -0.239 e. The molecule has 0 radical (unpaired) electrons. The van der Waals surface area contributed by atoms with Gasteiger partial charge < -0.3 is 0 Å². The lowest BCUT2D eigenvalue weighted by Gasteiger charge is -1.86. The van der Waals surface area contributed by atoms with Gasteiger partial charge in [0.05, 0.1) is 10.6 Å². The molecule has 0 N–H and O–H groups in total. The second kappa shape index (κ2) is 3.91. The van der Waals surface area contributed by atoms with Crippen molar-refractivity contribution in [1.82, 2.24) is 4.98 Å². The highest BCUT2D eigenvalue weighted by Gasteiger charge is 2.10. The topological polar surface area (TPSA) is 36.7 Å². The van der Waals surface area contributed by atoms with Crippen molar-refractivity contribution in [3.63, 3.8) is 0 Å². The monoisotopic (exact) mass is 220 g/mol. The molecular formula is C10H8N2S2. The molecule has 0 saturated heterocycles. The molecule has 2 nitrogen and oxygen atoms in total. The van der Waals surface area contributed by atoms with Crippen LogP contribution in [0.15, 0.2) is 17.5 Å². The third kappa shape index (κ3) is 1.57. The molecule has 0 saturated carbocycles. The number of thiophene rings is 1. The van der Waals surface area contributed by atoms with E-state index in [-0.39, 0.29) is 0 Å². The van der Waals surface area contributed by atoms with Crippen molar-refractivity contribution in [2.24, 2.45) is 0 Å². The quantitative estimate of drug-likeness (QED) is 0.778. The van der Waals surface area contributed by atoms with Crippen molar-refractivity contribution in [2.75, 3.05) is 0 Å². The van der Waals surface area contributed by atoms with Crippen LogP contribution in [0.2, 0.25) is 0 Å². The minimum absolute atomic E-state index is 0.746. The van der Waals surface area contributed by atoms with Crippen molar-refractivity contribution in [2.45, 2.75) is 13.3 Å². The van der Waals surface area contributed by atoms with Gasteiger partial charge >= 0.3 is 0 Å². The molecule has 0 aliphatic carbocycles. The van der Waals surface area contributed by atoms with E-state index in [1.54, 1.807) is 11.3 Å². The highest BCUT2D eigenvalue weighted by atomic mass is 32.1. The third-order valence-electron chi connectivity index (χ3n) is 1.87. The zero-order chi connectivity index (χ0) is 9.97. The van der Waals surface area contributed by atoms with Gasteiger partial charge in [-0.05, 0) is 17.9 Å². The van der Waals surface area contributed by atoms with E-state index in [0.717, 1.165) is 26.9 Å². The number of nitrogens with zero attached hydrogens (tertiary/aromatic N) is 2. The first-order chi connectivity index (χ1) is 6.85. The normalized spacial score (nSPS) is 10.0. The molecular weight excluding hydrogens is 212 g/mol. The van der Waals surface area contributed by atoms with E-state index in [4.69, 9.17) is 5.26 Å². The number of aryl methyl sites for hydroxylation is 1. The molecule has 0 bridgehead atoms. The van der Waals surface area contributed by atoms with Gasteiger partial charge in [0.1, 0.15) is 16.0 Å². The van der Waals surface area contributed by atoms with Crippen LogP contribution in [0.4, 0.5) is 0 Å². The summed E-state index contributed by atoms with van der Waals surface area (Å²) in [6, 6.07) is 6.22. The number of rotatable bonds is 2. The van der Waals surface area contributed by atoms with Crippen LogP contribution in [-0.2, 0) is 6.42 Å². The smallest absolute Gasteiger partial charge is 0.134 e. The summed E-state index contributed by atoms with van der Waals surface area (Å²) in [5.74, 6) is 0. The van der Waals surface area contributed by atoms with Crippen LogP contribution >= 0.6 is 22.7 Å². The number of aromatic nitrogens is 1. The molecule has 0 spiro atoms. The predicted molar refractivity (Wildman–Crippen MR) is 59.5 cm³/mol. The molecule has 0 fully saturated rings. The van der Waals surface area contributed by atoms with Gasteiger partial charge in [-0.1, -0.05) is 13.0 Å². The maximum absolute atomic E-state index is 8.88. The van der Waals surface area contributed by atoms with Gasteiger partial charge in [0.25, 0.3) is 0 Å². The molecule has 4 heteroatoms. The summed E-state index contributed by atoms with van der Waals surface area (Å²) in [7, 11) is 0. The van der Waals surface area contributed by atoms with Gasteiger partial charge in [0.15, 0.2) is 0 Å². The number of nitriles is 1. The molecule has 2 rings (SSSR count). The van der Waals surface area contributed by atoms with Crippen LogP contribution in [0.5, 0.6) is 0 Å². The molecule has 2 aromatic rings. The zero-order valence-corrected chi connectivity index (χ0v) is 9.28. The fraction of sp³-hybridized carbons (Fsp3) is 0.200. The molecule has 0 atom stereocenters.